The maximum atomic E-state index is 11.2. The van der Waals surface area contributed by atoms with Crippen LogP contribution in [0.4, 0.5) is 0 Å². The molecule has 82 valence electrons. The smallest absolute Gasteiger partial charge is 0.306 e. The van der Waals surface area contributed by atoms with Crippen molar-refractivity contribution in [3.63, 3.8) is 0 Å². The van der Waals surface area contributed by atoms with Gasteiger partial charge >= 0.3 is 5.97 Å². The molecule has 4 nitrogen and oxygen atoms in total. The van der Waals surface area contributed by atoms with E-state index in [1.165, 1.54) is 7.11 Å². The van der Waals surface area contributed by atoms with Gasteiger partial charge in [-0.25, -0.2) is 9.97 Å². The average Bonchev–Trinajstić information content (AvgIpc) is 2.17. The number of nitrogens with zero attached hydrogens (tertiary/aromatic N) is 2. The van der Waals surface area contributed by atoms with Gasteiger partial charge in [-0.05, 0) is 25.3 Å². The maximum absolute atomic E-state index is 11.2. The van der Waals surface area contributed by atoms with E-state index in [9.17, 15) is 4.79 Å². The van der Waals surface area contributed by atoms with Gasteiger partial charge in [-0.2, -0.15) is 0 Å². The highest BCUT2D eigenvalue weighted by Gasteiger charge is 2.16. The molecule has 15 heavy (non-hydrogen) atoms. The van der Waals surface area contributed by atoms with Gasteiger partial charge in [0.05, 0.1) is 13.5 Å². The summed E-state index contributed by atoms with van der Waals surface area (Å²) in [5.74, 6) is -0.108. The van der Waals surface area contributed by atoms with Crippen molar-refractivity contribution in [3.8, 4) is 0 Å². The quantitative estimate of drug-likeness (QED) is 0.710. The molecule has 1 atom stereocenters. The highest BCUT2D eigenvalue weighted by Crippen LogP contribution is 2.23. The predicted octanol–water partition coefficient (Wildman–Crippen LogP) is 1.76. The highest BCUT2D eigenvalue weighted by molar-refractivity contribution is 5.70. The minimum absolute atomic E-state index is 0.0960. The zero-order valence-corrected chi connectivity index (χ0v) is 9.57. The van der Waals surface area contributed by atoms with Crippen molar-refractivity contribution in [2.75, 3.05) is 7.11 Å². The van der Waals surface area contributed by atoms with Gasteiger partial charge in [0, 0.05) is 11.4 Å². The van der Waals surface area contributed by atoms with Crippen LogP contribution < -0.4 is 0 Å². The third-order valence-electron chi connectivity index (χ3n) is 2.48. The van der Waals surface area contributed by atoms with E-state index < -0.39 is 0 Å². The Morgan fingerprint density at radius 2 is 1.93 bits per heavy atom. The van der Waals surface area contributed by atoms with Gasteiger partial charge < -0.3 is 4.74 Å². The van der Waals surface area contributed by atoms with E-state index in [0.717, 1.165) is 17.0 Å². The molecule has 0 spiro atoms. The first-order valence-corrected chi connectivity index (χ1v) is 4.91. The molecule has 0 fully saturated rings. The van der Waals surface area contributed by atoms with E-state index in [4.69, 9.17) is 0 Å². The fraction of sp³-hybridized carbons (Fsp3) is 0.545. The lowest BCUT2D eigenvalue weighted by Crippen LogP contribution is -2.10. The average molecular weight is 208 g/mol. The number of hydrogen-bond acceptors (Lipinski definition) is 4. The molecule has 1 aromatic heterocycles. The van der Waals surface area contributed by atoms with E-state index in [2.05, 4.69) is 14.7 Å². The lowest BCUT2D eigenvalue weighted by molar-refractivity contribution is -0.140. The fourth-order valence-electron chi connectivity index (χ4n) is 1.75. The zero-order chi connectivity index (χ0) is 11.4. The number of esters is 1. The molecule has 0 bridgehead atoms. The molecule has 4 heteroatoms. The van der Waals surface area contributed by atoms with Crippen molar-refractivity contribution in [1.82, 2.24) is 9.97 Å². The lowest BCUT2D eigenvalue weighted by atomic mass is 9.95. The Morgan fingerprint density at radius 3 is 2.40 bits per heavy atom. The number of carbonyl (C=O) groups excluding carboxylic acids is 1. The minimum atomic E-state index is -0.204. The second kappa shape index (κ2) is 4.87. The Kier molecular flexibility index (Phi) is 3.77. The van der Waals surface area contributed by atoms with Crippen molar-refractivity contribution in [2.24, 2.45) is 0 Å². The summed E-state index contributed by atoms with van der Waals surface area (Å²) in [5.41, 5.74) is 2.90. The summed E-state index contributed by atoms with van der Waals surface area (Å²) in [5, 5.41) is 0. The van der Waals surface area contributed by atoms with Gasteiger partial charge in [-0.3, -0.25) is 4.79 Å². The topological polar surface area (TPSA) is 52.1 Å². The Labute approximate surface area is 89.7 Å². The van der Waals surface area contributed by atoms with Crippen LogP contribution in [0.25, 0.3) is 0 Å². The first kappa shape index (κ1) is 11.6. The second-order valence-electron chi connectivity index (χ2n) is 3.64. The normalized spacial score (nSPS) is 12.3. The number of methoxy groups -OCH3 is 1. The molecule has 0 aliphatic carbocycles. The fourth-order valence-corrected chi connectivity index (χ4v) is 1.75. The number of hydrogen-bond donors (Lipinski definition) is 0. The molecule has 0 saturated carbocycles. The molecule has 0 aromatic carbocycles. The highest BCUT2D eigenvalue weighted by atomic mass is 16.5. The molecule has 1 rings (SSSR count). The van der Waals surface area contributed by atoms with E-state index >= 15 is 0 Å². The van der Waals surface area contributed by atoms with Crippen molar-refractivity contribution in [2.45, 2.75) is 33.1 Å². The third kappa shape index (κ3) is 2.75. The van der Waals surface area contributed by atoms with Gasteiger partial charge in [0.15, 0.2) is 0 Å². The van der Waals surface area contributed by atoms with Gasteiger partial charge in [-0.15, -0.1) is 0 Å². The Morgan fingerprint density at radius 1 is 1.40 bits per heavy atom. The molecule has 1 aromatic rings. The van der Waals surface area contributed by atoms with Crippen molar-refractivity contribution < 1.29 is 9.53 Å². The van der Waals surface area contributed by atoms with Crippen LogP contribution in [0.5, 0.6) is 0 Å². The summed E-state index contributed by atoms with van der Waals surface area (Å²) in [6.45, 7) is 5.84. The van der Waals surface area contributed by atoms with Crippen LogP contribution in [0, 0.1) is 13.8 Å². The summed E-state index contributed by atoms with van der Waals surface area (Å²) in [6, 6.07) is 0. The van der Waals surface area contributed by atoms with E-state index in [1.54, 1.807) is 6.33 Å². The summed E-state index contributed by atoms with van der Waals surface area (Å²) in [4.78, 5) is 19.4. The summed E-state index contributed by atoms with van der Waals surface area (Å²) >= 11 is 0. The number of aromatic nitrogens is 2. The van der Waals surface area contributed by atoms with Crippen LogP contribution in [-0.4, -0.2) is 23.0 Å². The third-order valence-corrected chi connectivity index (χ3v) is 2.48. The van der Waals surface area contributed by atoms with Crippen molar-refractivity contribution in [1.29, 1.82) is 0 Å². The van der Waals surface area contributed by atoms with Crippen molar-refractivity contribution >= 4 is 5.97 Å². The number of aryl methyl sites for hydroxylation is 2. The molecule has 0 N–H and O–H groups in total. The van der Waals surface area contributed by atoms with Crippen molar-refractivity contribution in [3.05, 3.63) is 23.3 Å². The molecule has 0 aliphatic rings. The Balaban J connectivity index is 2.90. The molecule has 0 amide bonds. The lowest BCUT2D eigenvalue weighted by Gasteiger charge is -2.14. The maximum Gasteiger partial charge on any atom is 0.306 e. The molecule has 0 aliphatic heterocycles. The van der Waals surface area contributed by atoms with Crippen LogP contribution in [0.2, 0.25) is 0 Å². The molecule has 1 heterocycles. The van der Waals surface area contributed by atoms with Crippen LogP contribution >= 0.6 is 0 Å². The second-order valence-corrected chi connectivity index (χ2v) is 3.64. The molecular formula is C11H16N2O2. The van der Waals surface area contributed by atoms with E-state index in [-0.39, 0.29) is 11.9 Å². The SMILES string of the molecule is COC(=O)CC(C)c1c(C)ncnc1C. The minimum Gasteiger partial charge on any atom is -0.469 e. The summed E-state index contributed by atoms with van der Waals surface area (Å²) in [6.07, 6.45) is 1.91. The van der Waals surface area contributed by atoms with Crippen LogP contribution in [0.15, 0.2) is 6.33 Å². The molecule has 1 unspecified atom stereocenters. The monoisotopic (exact) mass is 208 g/mol. The van der Waals surface area contributed by atoms with Gasteiger partial charge in [0.1, 0.15) is 6.33 Å². The van der Waals surface area contributed by atoms with E-state index in [1.807, 2.05) is 20.8 Å². The van der Waals surface area contributed by atoms with Crippen LogP contribution in [0.1, 0.15) is 36.2 Å². The molecular weight excluding hydrogens is 192 g/mol. The molecule has 0 radical (unpaired) electrons. The van der Waals surface area contributed by atoms with Gasteiger partial charge in [-0.1, -0.05) is 6.92 Å². The van der Waals surface area contributed by atoms with E-state index in [0.29, 0.717) is 6.42 Å². The standard InChI is InChI=1S/C11H16N2O2/c1-7(5-10(14)15-4)11-8(2)12-6-13-9(11)3/h6-7H,5H2,1-4H3. The first-order valence-electron chi connectivity index (χ1n) is 4.91. The largest absolute Gasteiger partial charge is 0.469 e. The number of ether oxygens (including phenoxy) is 1. The van der Waals surface area contributed by atoms with Gasteiger partial charge in [0.2, 0.25) is 0 Å². The summed E-state index contributed by atoms with van der Waals surface area (Å²) in [7, 11) is 1.40. The van der Waals surface area contributed by atoms with Crippen LogP contribution in [0.3, 0.4) is 0 Å². The zero-order valence-electron chi connectivity index (χ0n) is 9.57. The summed E-state index contributed by atoms with van der Waals surface area (Å²) < 4.78 is 4.64. The van der Waals surface area contributed by atoms with Crippen LogP contribution in [-0.2, 0) is 9.53 Å². The Hall–Kier alpha value is -1.45. The first-order chi connectivity index (χ1) is 7.06. The molecule has 0 saturated heterocycles. The number of rotatable bonds is 3. The predicted molar refractivity (Wildman–Crippen MR) is 56.6 cm³/mol. The Bertz CT molecular complexity index is 343. The van der Waals surface area contributed by atoms with Gasteiger partial charge in [0.25, 0.3) is 0 Å². The number of carbonyl (C=O) groups is 1.